The second kappa shape index (κ2) is 5.70. The van der Waals surface area contributed by atoms with Gasteiger partial charge in [0.1, 0.15) is 0 Å². The van der Waals surface area contributed by atoms with Crippen molar-refractivity contribution in [3.05, 3.63) is 40.0 Å². The van der Waals surface area contributed by atoms with Gasteiger partial charge in [0, 0.05) is 22.4 Å². The lowest BCUT2D eigenvalue weighted by Gasteiger charge is -2.07. The summed E-state index contributed by atoms with van der Waals surface area (Å²) in [6.45, 7) is 4.04. The van der Waals surface area contributed by atoms with Crippen LogP contribution in [0.2, 0.25) is 0 Å². The first-order valence-electron chi connectivity index (χ1n) is 4.82. The predicted molar refractivity (Wildman–Crippen MR) is 68.4 cm³/mol. The van der Waals surface area contributed by atoms with Gasteiger partial charge in [-0.15, -0.1) is 0 Å². The Morgan fingerprint density at radius 3 is 2.44 bits per heavy atom. The summed E-state index contributed by atoms with van der Waals surface area (Å²) < 4.78 is 5.59. The van der Waals surface area contributed by atoms with Crippen molar-refractivity contribution in [2.24, 2.45) is 0 Å². The SMILES string of the molecule is COC(=O)/C=C/Nc1cc(C)c(Br)c(C)c1. The highest BCUT2D eigenvalue weighted by Crippen LogP contribution is 2.24. The van der Waals surface area contributed by atoms with Crippen LogP contribution >= 0.6 is 15.9 Å². The molecule has 0 fully saturated rings. The lowest BCUT2D eigenvalue weighted by molar-refractivity contribution is -0.134. The largest absolute Gasteiger partial charge is 0.466 e. The maximum atomic E-state index is 10.8. The van der Waals surface area contributed by atoms with E-state index >= 15 is 0 Å². The van der Waals surface area contributed by atoms with E-state index in [-0.39, 0.29) is 5.97 Å². The van der Waals surface area contributed by atoms with Crippen molar-refractivity contribution in [3.63, 3.8) is 0 Å². The molecule has 1 N–H and O–H groups in total. The molecule has 0 bridgehead atoms. The number of nitrogens with one attached hydrogen (secondary N) is 1. The molecule has 1 rings (SSSR count). The van der Waals surface area contributed by atoms with E-state index in [0.29, 0.717) is 0 Å². The Balaban J connectivity index is 2.76. The Labute approximate surface area is 104 Å². The van der Waals surface area contributed by atoms with E-state index in [1.54, 1.807) is 6.20 Å². The Kier molecular flexibility index (Phi) is 4.55. The monoisotopic (exact) mass is 283 g/mol. The summed E-state index contributed by atoms with van der Waals surface area (Å²) >= 11 is 3.50. The third kappa shape index (κ3) is 3.38. The van der Waals surface area contributed by atoms with Gasteiger partial charge in [0.25, 0.3) is 0 Å². The molecule has 16 heavy (non-hydrogen) atoms. The smallest absolute Gasteiger partial charge is 0.331 e. The average Bonchev–Trinajstić information content (AvgIpc) is 2.25. The Morgan fingerprint density at radius 1 is 1.38 bits per heavy atom. The first-order valence-corrected chi connectivity index (χ1v) is 5.61. The summed E-state index contributed by atoms with van der Waals surface area (Å²) in [4.78, 5) is 10.8. The van der Waals surface area contributed by atoms with E-state index in [1.165, 1.54) is 13.2 Å². The minimum atomic E-state index is -0.377. The topological polar surface area (TPSA) is 38.3 Å². The highest BCUT2D eigenvalue weighted by molar-refractivity contribution is 9.10. The lowest BCUT2D eigenvalue weighted by Crippen LogP contribution is -1.97. The van der Waals surface area contributed by atoms with Gasteiger partial charge in [-0.25, -0.2) is 4.79 Å². The van der Waals surface area contributed by atoms with Gasteiger partial charge in [-0.05, 0) is 37.1 Å². The fraction of sp³-hybridized carbons (Fsp3) is 0.250. The van der Waals surface area contributed by atoms with Gasteiger partial charge >= 0.3 is 5.97 Å². The summed E-state index contributed by atoms with van der Waals surface area (Å²) in [5.74, 6) is -0.377. The summed E-state index contributed by atoms with van der Waals surface area (Å²) in [5, 5.41) is 3.02. The maximum absolute atomic E-state index is 10.8. The minimum absolute atomic E-state index is 0.377. The number of anilines is 1. The number of methoxy groups -OCH3 is 1. The molecule has 0 aliphatic rings. The van der Waals surface area contributed by atoms with Crippen molar-refractivity contribution >= 4 is 27.6 Å². The zero-order valence-electron chi connectivity index (χ0n) is 9.50. The number of carbonyl (C=O) groups excluding carboxylic acids is 1. The molecule has 0 aromatic heterocycles. The number of hydrogen-bond acceptors (Lipinski definition) is 3. The first-order chi connectivity index (χ1) is 7.54. The molecule has 1 aromatic carbocycles. The van der Waals surface area contributed by atoms with E-state index in [9.17, 15) is 4.79 Å². The summed E-state index contributed by atoms with van der Waals surface area (Å²) in [6.07, 6.45) is 2.90. The van der Waals surface area contributed by atoms with Crippen LogP contribution in [0.5, 0.6) is 0 Å². The fourth-order valence-electron chi connectivity index (χ4n) is 1.30. The van der Waals surface area contributed by atoms with E-state index in [0.717, 1.165) is 21.3 Å². The molecule has 1 aromatic rings. The van der Waals surface area contributed by atoms with Crippen LogP contribution in [0.25, 0.3) is 0 Å². The van der Waals surface area contributed by atoms with Crippen molar-refractivity contribution < 1.29 is 9.53 Å². The molecule has 4 heteroatoms. The first kappa shape index (κ1) is 12.8. The minimum Gasteiger partial charge on any atom is -0.466 e. The maximum Gasteiger partial charge on any atom is 0.331 e. The van der Waals surface area contributed by atoms with E-state index < -0.39 is 0 Å². The molecule has 0 atom stereocenters. The number of carbonyl (C=O) groups is 1. The van der Waals surface area contributed by atoms with Crippen LogP contribution in [0.1, 0.15) is 11.1 Å². The molecular formula is C12H14BrNO2. The molecule has 0 heterocycles. The highest BCUT2D eigenvalue weighted by Gasteiger charge is 2.00. The molecule has 86 valence electrons. The lowest BCUT2D eigenvalue weighted by atomic mass is 10.1. The van der Waals surface area contributed by atoms with Crippen LogP contribution in [-0.2, 0) is 9.53 Å². The van der Waals surface area contributed by atoms with Crippen LogP contribution < -0.4 is 5.32 Å². The predicted octanol–water partition coefficient (Wildman–Crippen LogP) is 3.16. The number of benzene rings is 1. The summed E-state index contributed by atoms with van der Waals surface area (Å²) in [6, 6.07) is 4.00. The van der Waals surface area contributed by atoms with Crippen LogP contribution in [0, 0.1) is 13.8 Å². The zero-order valence-corrected chi connectivity index (χ0v) is 11.1. The fourth-order valence-corrected chi connectivity index (χ4v) is 1.53. The molecule has 0 saturated carbocycles. The normalized spacial score (nSPS) is 10.5. The van der Waals surface area contributed by atoms with Gasteiger partial charge in [0.15, 0.2) is 0 Å². The Hall–Kier alpha value is -1.29. The Bertz CT molecular complexity index is 404. The second-order valence-electron chi connectivity index (χ2n) is 3.42. The third-order valence-corrected chi connectivity index (χ3v) is 3.36. The van der Waals surface area contributed by atoms with Gasteiger partial charge in [-0.1, -0.05) is 15.9 Å². The van der Waals surface area contributed by atoms with E-state index in [4.69, 9.17) is 0 Å². The summed E-state index contributed by atoms with van der Waals surface area (Å²) in [5.41, 5.74) is 3.24. The molecule has 0 spiro atoms. The average molecular weight is 284 g/mol. The Morgan fingerprint density at radius 2 is 1.94 bits per heavy atom. The number of halogens is 1. The number of ether oxygens (including phenoxy) is 1. The standard InChI is InChI=1S/C12H14BrNO2/c1-8-6-10(7-9(2)12(8)13)14-5-4-11(15)16-3/h4-7,14H,1-3H3/b5-4+. The van der Waals surface area contributed by atoms with Crippen LogP contribution in [0.3, 0.4) is 0 Å². The molecule has 0 unspecified atom stereocenters. The van der Waals surface area contributed by atoms with Gasteiger partial charge in [0.2, 0.25) is 0 Å². The van der Waals surface area contributed by atoms with Crippen molar-refractivity contribution in [2.75, 3.05) is 12.4 Å². The van der Waals surface area contributed by atoms with Gasteiger partial charge < -0.3 is 10.1 Å². The molecule has 3 nitrogen and oxygen atoms in total. The highest BCUT2D eigenvalue weighted by atomic mass is 79.9. The van der Waals surface area contributed by atoms with Crippen molar-refractivity contribution in [2.45, 2.75) is 13.8 Å². The van der Waals surface area contributed by atoms with Crippen LogP contribution in [-0.4, -0.2) is 13.1 Å². The zero-order chi connectivity index (χ0) is 12.1. The molecular weight excluding hydrogens is 270 g/mol. The number of aryl methyl sites for hydroxylation is 2. The molecule has 0 radical (unpaired) electrons. The van der Waals surface area contributed by atoms with E-state index in [2.05, 4.69) is 26.0 Å². The van der Waals surface area contributed by atoms with Crippen LogP contribution in [0.4, 0.5) is 5.69 Å². The van der Waals surface area contributed by atoms with Crippen molar-refractivity contribution in [1.82, 2.24) is 0 Å². The molecule has 0 aliphatic carbocycles. The third-order valence-electron chi connectivity index (χ3n) is 2.11. The quantitative estimate of drug-likeness (QED) is 0.684. The molecule has 0 aliphatic heterocycles. The van der Waals surface area contributed by atoms with Gasteiger partial charge in [-0.3, -0.25) is 0 Å². The number of hydrogen-bond donors (Lipinski definition) is 1. The molecule has 0 saturated heterocycles. The molecule has 0 amide bonds. The van der Waals surface area contributed by atoms with Crippen molar-refractivity contribution in [1.29, 1.82) is 0 Å². The van der Waals surface area contributed by atoms with Crippen LogP contribution in [0.15, 0.2) is 28.9 Å². The van der Waals surface area contributed by atoms with Crippen molar-refractivity contribution in [3.8, 4) is 0 Å². The number of esters is 1. The number of rotatable bonds is 3. The second-order valence-corrected chi connectivity index (χ2v) is 4.22. The van der Waals surface area contributed by atoms with E-state index in [1.807, 2.05) is 26.0 Å². The van der Waals surface area contributed by atoms with Gasteiger partial charge in [0.05, 0.1) is 7.11 Å². The van der Waals surface area contributed by atoms with Gasteiger partial charge in [-0.2, -0.15) is 0 Å². The summed E-state index contributed by atoms with van der Waals surface area (Å²) in [7, 11) is 1.35.